The van der Waals surface area contributed by atoms with Gasteiger partial charge in [-0.1, -0.05) is 35.5 Å². The van der Waals surface area contributed by atoms with Crippen molar-refractivity contribution in [3.05, 3.63) is 47.8 Å². The second-order valence-corrected chi connectivity index (χ2v) is 4.59. The lowest BCUT2D eigenvalue weighted by Gasteiger charge is -2.06. The van der Waals surface area contributed by atoms with E-state index in [1.165, 1.54) is 13.3 Å². The van der Waals surface area contributed by atoms with E-state index in [9.17, 15) is 4.79 Å². The van der Waals surface area contributed by atoms with E-state index < -0.39 is 0 Å². The Labute approximate surface area is 123 Å². The molecule has 0 aliphatic rings. The van der Waals surface area contributed by atoms with E-state index >= 15 is 0 Å². The number of methoxy groups -OCH3 is 1. The van der Waals surface area contributed by atoms with E-state index in [2.05, 4.69) is 10.3 Å². The Morgan fingerprint density at radius 2 is 2.10 bits per heavy atom. The molecule has 112 valence electrons. The summed E-state index contributed by atoms with van der Waals surface area (Å²) in [7, 11) is 1.49. The van der Waals surface area contributed by atoms with Gasteiger partial charge < -0.3 is 9.47 Å². The van der Waals surface area contributed by atoms with Crippen LogP contribution in [0.5, 0.6) is 0 Å². The van der Waals surface area contributed by atoms with Crippen molar-refractivity contribution in [2.45, 2.75) is 19.6 Å². The highest BCUT2D eigenvalue weighted by molar-refractivity contribution is 5.95. The van der Waals surface area contributed by atoms with Crippen LogP contribution in [0.4, 0.5) is 0 Å². The van der Waals surface area contributed by atoms with Gasteiger partial charge in [-0.05, 0) is 12.0 Å². The molecular formula is C15H19N3O3. The predicted molar refractivity (Wildman–Crippen MR) is 76.9 cm³/mol. The third-order valence-electron chi connectivity index (χ3n) is 2.95. The average Bonchev–Trinajstić information content (AvgIpc) is 2.97. The molecule has 0 radical (unpaired) electrons. The van der Waals surface area contributed by atoms with E-state index in [-0.39, 0.29) is 12.4 Å². The Morgan fingerprint density at radius 3 is 2.86 bits per heavy atom. The monoisotopic (exact) mass is 289 g/mol. The molecule has 0 N–H and O–H groups in total. The highest BCUT2D eigenvalue weighted by Gasteiger charge is 2.12. The first kappa shape index (κ1) is 15.3. The van der Waals surface area contributed by atoms with E-state index in [4.69, 9.17) is 9.47 Å². The number of rotatable bonds is 9. The highest BCUT2D eigenvalue weighted by Crippen LogP contribution is 2.03. The summed E-state index contributed by atoms with van der Waals surface area (Å²) in [5, 5.41) is 7.68. The van der Waals surface area contributed by atoms with Crippen LogP contribution in [-0.4, -0.2) is 41.1 Å². The lowest BCUT2D eigenvalue weighted by molar-refractivity contribution is 0.0833. The van der Waals surface area contributed by atoms with Gasteiger partial charge in [0, 0.05) is 20.3 Å². The van der Waals surface area contributed by atoms with Gasteiger partial charge in [0.05, 0.1) is 12.8 Å². The molecular weight excluding hydrogens is 270 g/mol. The van der Waals surface area contributed by atoms with Gasteiger partial charge in [-0.2, -0.15) is 0 Å². The first-order valence-corrected chi connectivity index (χ1v) is 6.83. The van der Waals surface area contributed by atoms with E-state index in [0.29, 0.717) is 25.5 Å². The number of ketones is 1. The summed E-state index contributed by atoms with van der Waals surface area (Å²) < 4.78 is 12.0. The van der Waals surface area contributed by atoms with Gasteiger partial charge in [0.15, 0.2) is 0 Å². The predicted octanol–water partition coefficient (Wildman–Crippen LogP) is 1.71. The lowest BCUT2D eigenvalue weighted by Crippen LogP contribution is -2.15. The number of ether oxygens (including phenoxy) is 2. The number of hydrogen-bond acceptors (Lipinski definition) is 5. The maximum absolute atomic E-state index is 11.7. The minimum atomic E-state index is -0.118. The van der Waals surface area contributed by atoms with Crippen LogP contribution in [0, 0.1) is 0 Å². The molecule has 0 unspecified atom stereocenters. The molecule has 0 spiro atoms. The van der Waals surface area contributed by atoms with Crippen molar-refractivity contribution in [3.8, 4) is 0 Å². The fourth-order valence-corrected chi connectivity index (χ4v) is 1.92. The zero-order chi connectivity index (χ0) is 14.9. The minimum Gasteiger partial charge on any atom is -0.377 e. The van der Waals surface area contributed by atoms with Gasteiger partial charge in [0.25, 0.3) is 0 Å². The van der Waals surface area contributed by atoms with Gasteiger partial charge in [0.2, 0.25) is 5.78 Å². The van der Waals surface area contributed by atoms with Crippen molar-refractivity contribution >= 4 is 5.78 Å². The SMILES string of the molecule is COCC(=O)c1cnnn1CCCOCc1ccccc1. The zero-order valence-electron chi connectivity index (χ0n) is 12.1. The summed E-state index contributed by atoms with van der Waals surface area (Å²) in [6.07, 6.45) is 2.23. The maximum Gasteiger partial charge on any atom is 0.208 e. The largest absolute Gasteiger partial charge is 0.377 e. The fourth-order valence-electron chi connectivity index (χ4n) is 1.92. The topological polar surface area (TPSA) is 66.2 Å². The van der Waals surface area contributed by atoms with Crippen molar-refractivity contribution in [2.24, 2.45) is 0 Å². The van der Waals surface area contributed by atoms with Crippen molar-refractivity contribution < 1.29 is 14.3 Å². The molecule has 0 saturated carbocycles. The number of aryl methyl sites for hydroxylation is 1. The molecule has 2 aromatic rings. The van der Waals surface area contributed by atoms with Crippen molar-refractivity contribution in [3.63, 3.8) is 0 Å². The maximum atomic E-state index is 11.7. The van der Waals surface area contributed by atoms with E-state index in [1.807, 2.05) is 30.3 Å². The molecule has 6 nitrogen and oxygen atoms in total. The molecule has 0 aliphatic carbocycles. The Bertz CT molecular complexity index is 554. The molecule has 0 fully saturated rings. The van der Waals surface area contributed by atoms with Crippen LogP contribution in [0.1, 0.15) is 22.5 Å². The van der Waals surface area contributed by atoms with Crippen molar-refractivity contribution in [2.75, 3.05) is 20.3 Å². The van der Waals surface area contributed by atoms with Gasteiger partial charge >= 0.3 is 0 Å². The van der Waals surface area contributed by atoms with Crippen LogP contribution in [0.3, 0.4) is 0 Å². The normalized spacial score (nSPS) is 10.7. The fraction of sp³-hybridized carbons (Fsp3) is 0.400. The Kier molecular flexibility index (Phi) is 6.05. The van der Waals surface area contributed by atoms with Crippen LogP contribution in [0.25, 0.3) is 0 Å². The second-order valence-electron chi connectivity index (χ2n) is 4.59. The minimum absolute atomic E-state index is 0.0396. The molecule has 1 aromatic carbocycles. The number of carbonyl (C=O) groups is 1. The summed E-state index contributed by atoms with van der Waals surface area (Å²) >= 11 is 0. The number of carbonyl (C=O) groups excluding carboxylic acids is 1. The molecule has 21 heavy (non-hydrogen) atoms. The lowest BCUT2D eigenvalue weighted by atomic mass is 10.2. The molecule has 0 bridgehead atoms. The summed E-state index contributed by atoms with van der Waals surface area (Å²) in [6, 6.07) is 10.0. The summed E-state index contributed by atoms with van der Waals surface area (Å²) in [5.41, 5.74) is 1.62. The average molecular weight is 289 g/mol. The molecule has 2 rings (SSSR count). The summed E-state index contributed by atoms with van der Waals surface area (Å²) in [4.78, 5) is 11.7. The Hall–Kier alpha value is -2.05. The van der Waals surface area contributed by atoms with Crippen molar-refractivity contribution in [1.82, 2.24) is 15.0 Å². The van der Waals surface area contributed by atoms with Crippen molar-refractivity contribution in [1.29, 1.82) is 0 Å². The van der Waals surface area contributed by atoms with Crippen LogP contribution < -0.4 is 0 Å². The smallest absolute Gasteiger partial charge is 0.208 e. The molecule has 6 heteroatoms. The van der Waals surface area contributed by atoms with Crippen LogP contribution in [0.15, 0.2) is 36.5 Å². The molecule has 0 aliphatic heterocycles. The number of aromatic nitrogens is 3. The first-order chi connectivity index (χ1) is 10.3. The van der Waals surface area contributed by atoms with E-state index in [1.54, 1.807) is 4.68 Å². The van der Waals surface area contributed by atoms with Gasteiger partial charge in [-0.3, -0.25) is 4.79 Å². The van der Waals surface area contributed by atoms with Crippen LogP contribution in [0.2, 0.25) is 0 Å². The van der Waals surface area contributed by atoms with Crippen LogP contribution >= 0.6 is 0 Å². The number of nitrogens with zero attached hydrogens (tertiary/aromatic N) is 3. The third-order valence-corrected chi connectivity index (χ3v) is 2.95. The van der Waals surface area contributed by atoms with Gasteiger partial charge in [-0.25, -0.2) is 4.68 Å². The number of benzene rings is 1. The molecule has 1 heterocycles. The molecule has 0 amide bonds. The standard InChI is InChI=1S/C15H19N3O3/c1-20-12-15(19)14-10-16-17-18(14)8-5-9-21-11-13-6-3-2-4-7-13/h2-4,6-7,10H,5,8-9,11-12H2,1H3. The summed E-state index contributed by atoms with van der Waals surface area (Å²) in [6.45, 7) is 1.83. The quantitative estimate of drug-likeness (QED) is 0.519. The molecule has 0 saturated heterocycles. The van der Waals surface area contributed by atoms with Gasteiger partial charge in [-0.15, -0.1) is 5.10 Å². The number of hydrogen-bond donors (Lipinski definition) is 0. The second kappa shape index (κ2) is 8.28. The highest BCUT2D eigenvalue weighted by atomic mass is 16.5. The Balaban J connectivity index is 1.72. The van der Waals surface area contributed by atoms with Crippen LogP contribution in [-0.2, 0) is 22.6 Å². The molecule has 0 atom stereocenters. The Morgan fingerprint density at radius 1 is 1.29 bits per heavy atom. The van der Waals surface area contributed by atoms with Gasteiger partial charge in [0.1, 0.15) is 12.3 Å². The first-order valence-electron chi connectivity index (χ1n) is 6.83. The summed E-state index contributed by atoms with van der Waals surface area (Å²) in [5.74, 6) is -0.118. The third kappa shape index (κ3) is 4.77. The molecule has 1 aromatic heterocycles. The zero-order valence-corrected chi connectivity index (χ0v) is 12.1. The number of Topliss-reactive ketones (excluding diaryl/α,β-unsaturated/α-hetero) is 1. The van der Waals surface area contributed by atoms with E-state index in [0.717, 1.165) is 12.0 Å².